The molecule has 1 rings (SSSR count). The van der Waals surface area contributed by atoms with Crippen molar-refractivity contribution >= 4 is 18.1 Å². The van der Waals surface area contributed by atoms with Gasteiger partial charge in [0.25, 0.3) is 0 Å². The van der Waals surface area contributed by atoms with Crippen LogP contribution in [0.2, 0.25) is 0 Å². The molecule has 0 radical (unpaired) electrons. The third-order valence-corrected chi connectivity index (χ3v) is 2.52. The summed E-state index contributed by atoms with van der Waals surface area (Å²) in [5.74, 6) is 0.938. The van der Waals surface area contributed by atoms with Crippen LogP contribution in [0.1, 0.15) is 11.1 Å². The third kappa shape index (κ3) is 3.50. The predicted molar refractivity (Wildman–Crippen MR) is 62.7 cm³/mol. The first-order valence-electron chi connectivity index (χ1n) is 4.20. The standard InChI is InChI=1S/C10H15OPS/c1-8-5-6-9(2)10(7-8)11-12(3,4)13/h5-7H,1-4H3. The molecule has 0 heterocycles. The molecule has 72 valence electrons. The fourth-order valence-corrected chi connectivity index (χ4v) is 1.95. The van der Waals surface area contributed by atoms with Crippen molar-refractivity contribution in [3.05, 3.63) is 29.3 Å². The lowest BCUT2D eigenvalue weighted by Gasteiger charge is -2.15. The van der Waals surface area contributed by atoms with Crippen LogP contribution in [0.25, 0.3) is 0 Å². The van der Waals surface area contributed by atoms with E-state index in [0.29, 0.717) is 0 Å². The van der Waals surface area contributed by atoms with Gasteiger partial charge in [0, 0.05) is 0 Å². The van der Waals surface area contributed by atoms with Crippen LogP contribution in [-0.2, 0) is 11.8 Å². The third-order valence-electron chi connectivity index (χ3n) is 1.66. The first kappa shape index (κ1) is 10.7. The first-order valence-corrected chi connectivity index (χ1v) is 7.82. The van der Waals surface area contributed by atoms with Crippen molar-refractivity contribution in [2.24, 2.45) is 0 Å². The van der Waals surface area contributed by atoms with Crippen LogP contribution in [-0.4, -0.2) is 13.3 Å². The molecule has 1 aromatic rings. The van der Waals surface area contributed by atoms with Gasteiger partial charge in [0.15, 0.2) is 0 Å². The molecule has 0 unspecified atom stereocenters. The van der Waals surface area contributed by atoms with E-state index in [-0.39, 0.29) is 0 Å². The molecule has 0 aliphatic rings. The molecule has 1 nitrogen and oxygen atoms in total. The summed E-state index contributed by atoms with van der Waals surface area (Å²) < 4.78 is 5.74. The Hall–Kier alpha value is -0.330. The zero-order valence-electron chi connectivity index (χ0n) is 8.50. The topological polar surface area (TPSA) is 9.23 Å². The van der Waals surface area contributed by atoms with E-state index in [1.54, 1.807) is 0 Å². The summed E-state index contributed by atoms with van der Waals surface area (Å²) in [5.41, 5.74) is 2.37. The number of rotatable bonds is 2. The summed E-state index contributed by atoms with van der Waals surface area (Å²) in [6.07, 6.45) is -1.60. The number of hydrogen-bond acceptors (Lipinski definition) is 2. The van der Waals surface area contributed by atoms with E-state index in [1.807, 2.05) is 26.3 Å². The maximum absolute atomic E-state index is 5.74. The van der Waals surface area contributed by atoms with Gasteiger partial charge in [-0.3, -0.25) is 0 Å². The highest BCUT2D eigenvalue weighted by atomic mass is 32.4. The Morgan fingerprint density at radius 3 is 2.38 bits per heavy atom. The van der Waals surface area contributed by atoms with Crippen LogP contribution in [0.4, 0.5) is 0 Å². The molecule has 0 atom stereocenters. The molecule has 0 amide bonds. The fourth-order valence-electron chi connectivity index (χ4n) is 1.04. The van der Waals surface area contributed by atoms with Crippen LogP contribution in [0.5, 0.6) is 5.75 Å². The van der Waals surface area contributed by atoms with Gasteiger partial charge in [-0.05, 0) is 44.4 Å². The van der Waals surface area contributed by atoms with Crippen LogP contribution in [0.15, 0.2) is 18.2 Å². The molecule has 0 aromatic heterocycles. The van der Waals surface area contributed by atoms with Crippen LogP contribution in [0, 0.1) is 13.8 Å². The summed E-state index contributed by atoms with van der Waals surface area (Å²) >= 11 is 5.26. The second-order valence-electron chi connectivity index (χ2n) is 3.61. The maximum Gasteiger partial charge on any atom is 0.127 e. The predicted octanol–water partition coefficient (Wildman–Crippen LogP) is 3.34. The molecule has 0 bridgehead atoms. The number of aryl methyl sites for hydroxylation is 2. The monoisotopic (exact) mass is 214 g/mol. The van der Waals surface area contributed by atoms with E-state index in [1.165, 1.54) is 5.56 Å². The van der Waals surface area contributed by atoms with Gasteiger partial charge in [0.2, 0.25) is 0 Å². The van der Waals surface area contributed by atoms with Crippen molar-refractivity contribution in [3.63, 3.8) is 0 Å². The van der Waals surface area contributed by atoms with Crippen molar-refractivity contribution in [3.8, 4) is 5.75 Å². The van der Waals surface area contributed by atoms with Crippen molar-refractivity contribution in [2.45, 2.75) is 13.8 Å². The van der Waals surface area contributed by atoms with E-state index < -0.39 is 6.26 Å². The molecule has 0 aliphatic heterocycles. The van der Waals surface area contributed by atoms with Gasteiger partial charge in [-0.25, -0.2) is 0 Å². The molecule has 0 fully saturated rings. The van der Waals surface area contributed by atoms with Gasteiger partial charge >= 0.3 is 0 Å². The van der Waals surface area contributed by atoms with Gasteiger partial charge in [-0.2, -0.15) is 0 Å². The summed E-state index contributed by atoms with van der Waals surface area (Å²) in [7, 11) is 0. The lowest BCUT2D eigenvalue weighted by atomic mass is 10.1. The molecule has 0 N–H and O–H groups in total. The van der Waals surface area contributed by atoms with Crippen molar-refractivity contribution in [1.29, 1.82) is 0 Å². The van der Waals surface area contributed by atoms with Gasteiger partial charge in [-0.15, -0.1) is 0 Å². The van der Waals surface area contributed by atoms with E-state index in [4.69, 9.17) is 16.3 Å². The minimum absolute atomic E-state index is 0.938. The Morgan fingerprint density at radius 2 is 1.85 bits per heavy atom. The van der Waals surface area contributed by atoms with Crippen molar-refractivity contribution in [1.82, 2.24) is 0 Å². The molecular formula is C10H15OPS. The van der Waals surface area contributed by atoms with Gasteiger partial charge < -0.3 is 4.52 Å². The Bertz CT molecular complexity index is 354. The maximum atomic E-state index is 5.74. The van der Waals surface area contributed by atoms with Crippen LogP contribution >= 0.6 is 6.26 Å². The smallest absolute Gasteiger partial charge is 0.127 e. The van der Waals surface area contributed by atoms with Crippen molar-refractivity contribution < 1.29 is 4.52 Å². The van der Waals surface area contributed by atoms with Crippen molar-refractivity contribution in [2.75, 3.05) is 13.3 Å². The summed E-state index contributed by atoms with van der Waals surface area (Å²) in [4.78, 5) is 0. The molecule has 13 heavy (non-hydrogen) atoms. The molecule has 1 aromatic carbocycles. The Labute approximate surface area is 85.2 Å². The Morgan fingerprint density at radius 1 is 1.23 bits per heavy atom. The normalized spacial score (nSPS) is 11.4. The Balaban J connectivity index is 3.01. The number of benzene rings is 1. The highest BCUT2D eigenvalue weighted by Crippen LogP contribution is 2.40. The first-order chi connectivity index (χ1) is 5.88. The van der Waals surface area contributed by atoms with E-state index in [9.17, 15) is 0 Å². The fraction of sp³-hybridized carbons (Fsp3) is 0.400. The van der Waals surface area contributed by atoms with Crippen LogP contribution in [0.3, 0.4) is 0 Å². The molecule has 0 saturated heterocycles. The van der Waals surface area contributed by atoms with Gasteiger partial charge in [-0.1, -0.05) is 23.9 Å². The summed E-state index contributed by atoms with van der Waals surface area (Å²) in [6, 6.07) is 6.19. The zero-order valence-corrected chi connectivity index (χ0v) is 10.2. The second-order valence-corrected chi connectivity index (χ2v) is 8.94. The minimum Gasteiger partial charge on any atom is -0.467 e. The molecule has 3 heteroatoms. The molecular weight excluding hydrogens is 199 g/mol. The molecule has 0 aliphatic carbocycles. The van der Waals surface area contributed by atoms with Gasteiger partial charge in [0.1, 0.15) is 12.0 Å². The molecule has 0 spiro atoms. The highest BCUT2D eigenvalue weighted by molar-refractivity contribution is 8.11. The zero-order chi connectivity index (χ0) is 10.1. The Kier molecular flexibility index (Phi) is 3.15. The summed E-state index contributed by atoms with van der Waals surface area (Å²) in [5, 5.41) is 0. The van der Waals surface area contributed by atoms with E-state index in [0.717, 1.165) is 11.3 Å². The quantitative estimate of drug-likeness (QED) is 0.698. The lowest BCUT2D eigenvalue weighted by Crippen LogP contribution is -1.91. The van der Waals surface area contributed by atoms with Gasteiger partial charge in [0.05, 0.1) is 0 Å². The van der Waals surface area contributed by atoms with E-state index in [2.05, 4.69) is 19.1 Å². The number of hydrogen-bond donors (Lipinski definition) is 0. The highest BCUT2D eigenvalue weighted by Gasteiger charge is 2.06. The van der Waals surface area contributed by atoms with Crippen LogP contribution < -0.4 is 4.52 Å². The van der Waals surface area contributed by atoms with E-state index >= 15 is 0 Å². The molecule has 0 saturated carbocycles. The summed E-state index contributed by atoms with van der Waals surface area (Å²) in [6.45, 7) is 8.08. The SMILES string of the molecule is Cc1ccc(C)c(OP(C)(C)=S)c1. The largest absolute Gasteiger partial charge is 0.467 e. The average molecular weight is 214 g/mol. The lowest BCUT2D eigenvalue weighted by molar-refractivity contribution is 0.614. The minimum atomic E-state index is -1.60. The average Bonchev–Trinajstić information content (AvgIpc) is 1.94. The second kappa shape index (κ2) is 3.81.